The number of nitro benzene ring substituents is 1. The third-order valence-corrected chi connectivity index (χ3v) is 4.60. The van der Waals surface area contributed by atoms with Gasteiger partial charge in [-0.05, 0) is 54.1 Å². The molecule has 0 fully saturated rings. The number of para-hydroxylation sites is 1. The summed E-state index contributed by atoms with van der Waals surface area (Å²) < 4.78 is 5.78. The Balaban J connectivity index is 1.71. The molecule has 0 amide bonds. The Morgan fingerprint density at radius 1 is 1.17 bits per heavy atom. The average Bonchev–Trinajstić information content (AvgIpc) is 3.11. The predicted molar refractivity (Wildman–Crippen MR) is 109 cm³/mol. The molecule has 0 saturated heterocycles. The van der Waals surface area contributed by atoms with Gasteiger partial charge in [0.15, 0.2) is 5.58 Å². The lowest BCUT2D eigenvalue weighted by Gasteiger charge is -2.10. The van der Waals surface area contributed by atoms with Crippen LogP contribution in [0.25, 0.3) is 22.6 Å². The minimum absolute atomic E-state index is 0.139. The van der Waals surface area contributed by atoms with E-state index in [1.54, 1.807) is 24.3 Å². The van der Waals surface area contributed by atoms with E-state index in [0.717, 1.165) is 5.56 Å². The van der Waals surface area contributed by atoms with Gasteiger partial charge in [-0.2, -0.15) is 0 Å². The van der Waals surface area contributed by atoms with E-state index in [9.17, 15) is 15.2 Å². The number of oxazole rings is 1. The molecule has 8 heteroatoms. The molecule has 29 heavy (non-hydrogen) atoms. The highest BCUT2D eigenvalue weighted by Gasteiger charge is 2.11. The molecule has 3 aromatic carbocycles. The van der Waals surface area contributed by atoms with Crippen molar-refractivity contribution in [3.63, 3.8) is 0 Å². The van der Waals surface area contributed by atoms with Crippen molar-refractivity contribution < 1.29 is 14.4 Å². The van der Waals surface area contributed by atoms with Gasteiger partial charge in [-0.3, -0.25) is 15.1 Å². The van der Waals surface area contributed by atoms with Crippen LogP contribution in [0.1, 0.15) is 11.1 Å². The maximum absolute atomic E-state index is 12.2. The first-order valence-corrected chi connectivity index (χ1v) is 8.96. The highest BCUT2D eigenvalue weighted by atomic mass is 35.5. The average molecular weight is 407 g/mol. The lowest BCUT2D eigenvalue weighted by molar-refractivity contribution is -0.398. The monoisotopic (exact) mass is 406 g/mol. The summed E-state index contributed by atoms with van der Waals surface area (Å²) in [4.78, 5) is 19.0. The topological polar surface area (TPSA) is 105 Å². The van der Waals surface area contributed by atoms with Crippen molar-refractivity contribution in [2.24, 2.45) is 4.99 Å². The third kappa shape index (κ3) is 3.68. The normalized spacial score (nSPS) is 11.4. The molecule has 0 N–H and O–H groups in total. The van der Waals surface area contributed by atoms with Gasteiger partial charge in [-0.25, -0.2) is 4.98 Å². The lowest BCUT2D eigenvalue weighted by atomic mass is 10.1. The molecule has 4 rings (SSSR count). The highest BCUT2D eigenvalue weighted by molar-refractivity contribution is 6.31. The molecule has 4 aromatic rings. The number of nitrogens with zero attached hydrogens (tertiary/aromatic N) is 3. The van der Waals surface area contributed by atoms with Crippen molar-refractivity contribution in [3.05, 3.63) is 80.9 Å². The molecule has 0 radical (unpaired) electrons. The minimum atomic E-state index is -0.703. The van der Waals surface area contributed by atoms with Gasteiger partial charge in [0, 0.05) is 22.9 Å². The second kappa shape index (κ2) is 7.37. The number of hydrogen-bond acceptors (Lipinski definition) is 6. The van der Waals surface area contributed by atoms with Crippen LogP contribution in [0.4, 0.5) is 11.4 Å². The van der Waals surface area contributed by atoms with Gasteiger partial charge < -0.3 is 9.52 Å². The maximum atomic E-state index is 12.2. The van der Waals surface area contributed by atoms with Crippen molar-refractivity contribution in [2.45, 2.75) is 6.92 Å². The zero-order valence-corrected chi connectivity index (χ0v) is 15.9. The number of rotatable bonds is 4. The molecule has 0 unspecified atom stereocenters. The van der Waals surface area contributed by atoms with Crippen molar-refractivity contribution in [2.75, 3.05) is 0 Å². The quantitative estimate of drug-likeness (QED) is 0.263. The molecule has 0 aliphatic carbocycles. The zero-order chi connectivity index (χ0) is 20.5. The lowest BCUT2D eigenvalue weighted by Crippen LogP contribution is -2.01. The fourth-order valence-corrected chi connectivity index (χ4v) is 3.00. The van der Waals surface area contributed by atoms with Crippen molar-refractivity contribution in [3.8, 4) is 17.2 Å². The fraction of sp³-hybridized carbons (Fsp3) is 0.0476. The van der Waals surface area contributed by atoms with Crippen LogP contribution in [0, 0.1) is 17.0 Å². The summed E-state index contributed by atoms with van der Waals surface area (Å²) in [6, 6.07) is 14.8. The first kappa shape index (κ1) is 18.6. The Kier molecular flexibility index (Phi) is 4.74. The van der Waals surface area contributed by atoms with Gasteiger partial charge in [0.25, 0.3) is 5.69 Å². The van der Waals surface area contributed by atoms with E-state index in [1.165, 1.54) is 24.4 Å². The highest BCUT2D eigenvalue weighted by Crippen LogP contribution is 2.31. The predicted octanol–water partition coefficient (Wildman–Crippen LogP) is 5.19. The van der Waals surface area contributed by atoms with E-state index in [1.807, 2.05) is 19.1 Å². The van der Waals surface area contributed by atoms with Gasteiger partial charge in [0.05, 0.1) is 10.6 Å². The van der Waals surface area contributed by atoms with Gasteiger partial charge in [0.2, 0.25) is 5.89 Å². The summed E-state index contributed by atoms with van der Waals surface area (Å²) in [5, 5.41) is 23.7. The molecule has 0 aliphatic rings. The third-order valence-electron chi connectivity index (χ3n) is 4.37. The van der Waals surface area contributed by atoms with Crippen molar-refractivity contribution in [1.29, 1.82) is 0 Å². The Labute approximate surface area is 170 Å². The number of fused-ring (bicyclic) bond motifs is 1. The molecule has 0 bridgehead atoms. The molecule has 1 heterocycles. The SMILES string of the molecule is Cc1ccc(-c2nc3cc(Cl)ccc3o2)cc1N=Cc1cccc([N+](=O)[O-])c1[O-]. The van der Waals surface area contributed by atoms with Crippen LogP contribution >= 0.6 is 11.6 Å². The van der Waals surface area contributed by atoms with Gasteiger partial charge in [-0.15, -0.1) is 0 Å². The Bertz CT molecular complexity index is 1280. The van der Waals surface area contributed by atoms with Crippen molar-refractivity contribution >= 4 is 40.3 Å². The molecule has 0 atom stereocenters. The summed E-state index contributed by atoms with van der Waals surface area (Å²) in [6.45, 7) is 1.87. The standard InChI is InChI=1S/C21H14ClN3O4/c1-12-5-6-13(21-24-17-10-15(22)7-8-19(17)29-21)9-16(12)23-11-14-3-2-4-18(20(14)26)25(27)28/h2-11,26H,1H3/p-1. The second-order valence-corrected chi connectivity index (χ2v) is 6.78. The molecule has 0 aliphatic heterocycles. The Morgan fingerprint density at radius 3 is 2.79 bits per heavy atom. The van der Waals surface area contributed by atoms with Crippen LogP contribution in [0.2, 0.25) is 5.02 Å². The van der Waals surface area contributed by atoms with E-state index >= 15 is 0 Å². The molecular formula is C21H13ClN3O4-. The number of benzene rings is 3. The molecule has 1 aromatic heterocycles. The number of aryl methyl sites for hydroxylation is 1. The molecule has 7 nitrogen and oxygen atoms in total. The number of halogens is 1. The van der Waals surface area contributed by atoms with Gasteiger partial charge >= 0.3 is 0 Å². The zero-order valence-electron chi connectivity index (χ0n) is 15.1. The van der Waals surface area contributed by atoms with Crippen LogP contribution in [0.5, 0.6) is 5.75 Å². The largest absolute Gasteiger partial charge is 0.867 e. The van der Waals surface area contributed by atoms with Crippen LogP contribution in [-0.4, -0.2) is 16.1 Å². The van der Waals surface area contributed by atoms with Crippen molar-refractivity contribution in [1.82, 2.24) is 4.98 Å². The summed E-state index contributed by atoms with van der Waals surface area (Å²) in [5.74, 6) is -0.260. The van der Waals surface area contributed by atoms with Crippen LogP contribution in [0.15, 0.2) is 64.0 Å². The molecule has 0 spiro atoms. The molecular weight excluding hydrogens is 394 g/mol. The Hall–Kier alpha value is -3.71. The molecule has 144 valence electrons. The summed E-state index contributed by atoms with van der Waals surface area (Å²) >= 11 is 5.99. The molecule has 0 saturated carbocycles. The number of aliphatic imine (C=N–C) groups is 1. The summed E-state index contributed by atoms with van der Waals surface area (Å²) in [5.41, 5.74) is 3.07. The number of aromatic nitrogens is 1. The van der Waals surface area contributed by atoms with Crippen LogP contribution in [0.3, 0.4) is 0 Å². The van der Waals surface area contributed by atoms with Gasteiger partial charge in [-0.1, -0.05) is 29.8 Å². The van der Waals surface area contributed by atoms with Gasteiger partial charge in [0.1, 0.15) is 5.52 Å². The van der Waals surface area contributed by atoms with E-state index in [4.69, 9.17) is 16.0 Å². The van der Waals surface area contributed by atoms with Crippen LogP contribution in [-0.2, 0) is 0 Å². The summed E-state index contributed by atoms with van der Waals surface area (Å²) in [7, 11) is 0. The van der Waals surface area contributed by atoms with E-state index in [-0.39, 0.29) is 5.56 Å². The minimum Gasteiger partial charge on any atom is -0.867 e. The fourth-order valence-electron chi connectivity index (χ4n) is 2.83. The van der Waals surface area contributed by atoms with E-state index in [2.05, 4.69) is 9.98 Å². The first-order valence-electron chi connectivity index (χ1n) is 8.58. The summed E-state index contributed by atoms with van der Waals surface area (Å²) in [6.07, 6.45) is 1.33. The second-order valence-electron chi connectivity index (χ2n) is 6.34. The maximum Gasteiger partial charge on any atom is 0.262 e. The number of nitro groups is 1. The smallest absolute Gasteiger partial charge is 0.262 e. The number of hydrogen-bond donors (Lipinski definition) is 0. The van der Waals surface area contributed by atoms with E-state index < -0.39 is 16.4 Å². The van der Waals surface area contributed by atoms with Crippen LogP contribution < -0.4 is 5.11 Å². The van der Waals surface area contributed by atoms with E-state index in [0.29, 0.717) is 33.3 Å². The first-order chi connectivity index (χ1) is 13.9. The Morgan fingerprint density at radius 2 is 2.00 bits per heavy atom.